The zero-order chi connectivity index (χ0) is 16.2. The third-order valence-corrected chi connectivity index (χ3v) is 5.02. The Balaban J connectivity index is 1.96. The molecule has 1 saturated heterocycles. The first-order valence-corrected chi connectivity index (χ1v) is 9.95. The van der Waals surface area contributed by atoms with Crippen LogP contribution in [-0.2, 0) is 4.74 Å². The van der Waals surface area contributed by atoms with Gasteiger partial charge in [0.2, 0.25) is 0 Å². The zero-order valence-electron chi connectivity index (χ0n) is 15.8. The predicted octanol–water partition coefficient (Wildman–Crippen LogP) is 5.51. The van der Waals surface area contributed by atoms with Gasteiger partial charge in [0.1, 0.15) is 0 Å². The molecule has 0 radical (unpaired) electrons. The molecule has 0 aromatic rings. The van der Waals surface area contributed by atoms with Crippen LogP contribution in [0.1, 0.15) is 85.5 Å². The molecule has 0 aromatic carbocycles. The second-order valence-electron chi connectivity index (χ2n) is 7.84. The Labute approximate surface area is 140 Å². The Morgan fingerprint density at radius 1 is 0.955 bits per heavy atom. The van der Waals surface area contributed by atoms with Crippen LogP contribution in [0.3, 0.4) is 0 Å². The summed E-state index contributed by atoms with van der Waals surface area (Å²) in [7, 11) is 0. The highest BCUT2D eigenvalue weighted by Gasteiger charge is 2.19. The molecule has 2 heteroatoms. The summed E-state index contributed by atoms with van der Waals surface area (Å²) in [5, 5.41) is 0. The molecule has 0 aromatic heterocycles. The molecule has 1 rings (SSSR count). The van der Waals surface area contributed by atoms with Gasteiger partial charge in [0.15, 0.2) is 0 Å². The maximum atomic E-state index is 6.04. The fraction of sp³-hybridized carbons (Fsp3) is 1.00. The van der Waals surface area contributed by atoms with Crippen LogP contribution in [0.5, 0.6) is 0 Å². The normalized spacial score (nSPS) is 19.0. The van der Waals surface area contributed by atoms with Gasteiger partial charge >= 0.3 is 0 Å². The monoisotopic (exact) mass is 311 g/mol. The van der Waals surface area contributed by atoms with Crippen molar-refractivity contribution in [3.63, 3.8) is 0 Å². The number of hydrogen-bond donors (Lipinski definition) is 0. The second-order valence-corrected chi connectivity index (χ2v) is 7.84. The minimum atomic E-state index is 0.535. The first-order valence-electron chi connectivity index (χ1n) is 9.95. The van der Waals surface area contributed by atoms with Crippen LogP contribution >= 0.6 is 0 Å². The highest BCUT2D eigenvalue weighted by molar-refractivity contribution is 4.72. The molecule has 0 amide bonds. The van der Waals surface area contributed by atoms with Crippen LogP contribution < -0.4 is 0 Å². The lowest BCUT2D eigenvalue weighted by Gasteiger charge is -2.32. The average molecular weight is 312 g/mol. The zero-order valence-corrected chi connectivity index (χ0v) is 15.8. The first-order chi connectivity index (χ1) is 10.6. The second kappa shape index (κ2) is 12.4. The molecule has 0 spiro atoms. The fourth-order valence-corrected chi connectivity index (χ4v) is 3.51. The highest BCUT2D eigenvalue weighted by Crippen LogP contribution is 2.17. The molecule has 0 bridgehead atoms. The molecular weight excluding hydrogens is 270 g/mol. The summed E-state index contributed by atoms with van der Waals surface area (Å²) in [6, 6.07) is 0. The van der Waals surface area contributed by atoms with E-state index >= 15 is 0 Å². The fourth-order valence-electron chi connectivity index (χ4n) is 3.51. The van der Waals surface area contributed by atoms with Crippen molar-refractivity contribution in [2.45, 2.75) is 91.6 Å². The molecule has 1 fully saturated rings. The van der Waals surface area contributed by atoms with E-state index in [2.05, 4.69) is 32.6 Å². The van der Waals surface area contributed by atoms with Crippen LogP contribution in [0, 0.1) is 11.8 Å². The van der Waals surface area contributed by atoms with Gasteiger partial charge < -0.3 is 9.64 Å². The van der Waals surface area contributed by atoms with Gasteiger partial charge in [-0.1, -0.05) is 53.4 Å². The van der Waals surface area contributed by atoms with E-state index in [1.807, 2.05) is 0 Å². The number of ether oxygens (including phenoxy) is 1. The van der Waals surface area contributed by atoms with E-state index in [1.54, 1.807) is 0 Å². The van der Waals surface area contributed by atoms with E-state index in [0.29, 0.717) is 6.10 Å². The Kier molecular flexibility index (Phi) is 11.2. The van der Waals surface area contributed by atoms with E-state index in [0.717, 1.165) is 18.4 Å². The lowest BCUT2D eigenvalue weighted by atomic mass is 9.99. The van der Waals surface area contributed by atoms with Gasteiger partial charge in [-0.05, 0) is 50.5 Å². The third-order valence-electron chi connectivity index (χ3n) is 5.02. The minimum Gasteiger partial charge on any atom is -0.378 e. The molecule has 0 saturated carbocycles. The molecule has 1 aliphatic heterocycles. The van der Waals surface area contributed by atoms with Crippen LogP contribution in [0.25, 0.3) is 0 Å². The average Bonchev–Trinajstić information content (AvgIpc) is 2.49. The summed E-state index contributed by atoms with van der Waals surface area (Å²) < 4.78 is 6.04. The summed E-state index contributed by atoms with van der Waals surface area (Å²) in [4.78, 5) is 2.65. The van der Waals surface area contributed by atoms with Gasteiger partial charge in [-0.3, -0.25) is 0 Å². The molecule has 0 aliphatic carbocycles. The van der Waals surface area contributed by atoms with Crippen molar-refractivity contribution in [2.75, 3.05) is 26.2 Å². The quantitative estimate of drug-likeness (QED) is 0.441. The molecule has 1 aliphatic rings. The summed E-state index contributed by atoms with van der Waals surface area (Å²) in [5.41, 5.74) is 0. The van der Waals surface area contributed by atoms with Gasteiger partial charge in [0.05, 0.1) is 6.10 Å². The van der Waals surface area contributed by atoms with Crippen molar-refractivity contribution in [3.8, 4) is 0 Å². The van der Waals surface area contributed by atoms with Crippen molar-refractivity contribution in [2.24, 2.45) is 11.8 Å². The summed E-state index contributed by atoms with van der Waals surface area (Å²) >= 11 is 0. The van der Waals surface area contributed by atoms with Crippen molar-refractivity contribution in [1.29, 1.82) is 0 Å². The number of piperidine rings is 1. The smallest absolute Gasteiger partial charge is 0.0599 e. The molecule has 132 valence electrons. The number of nitrogens with zero attached hydrogens (tertiary/aromatic N) is 1. The van der Waals surface area contributed by atoms with Crippen molar-refractivity contribution in [3.05, 3.63) is 0 Å². The van der Waals surface area contributed by atoms with E-state index in [-0.39, 0.29) is 0 Å². The predicted molar refractivity (Wildman–Crippen MR) is 97.4 cm³/mol. The van der Waals surface area contributed by atoms with E-state index in [4.69, 9.17) is 4.74 Å². The Morgan fingerprint density at radius 3 is 2.32 bits per heavy atom. The molecule has 2 nitrogen and oxygen atoms in total. The number of likely N-dealkylation sites (tertiary alicyclic amines) is 1. The van der Waals surface area contributed by atoms with Gasteiger partial charge in [-0.25, -0.2) is 0 Å². The Morgan fingerprint density at radius 2 is 1.68 bits per heavy atom. The van der Waals surface area contributed by atoms with Crippen LogP contribution in [0.2, 0.25) is 0 Å². The minimum absolute atomic E-state index is 0.535. The number of rotatable bonds is 12. The highest BCUT2D eigenvalue weighted by atomic mass is 16.5. The van der Waals surface area contributed by atoms with Crippen molar-refractivity contribution in [1.82, 2.24) is 4.90 Å². The molecular formula is C20H41NO. The molecule has 1 heterocycles. The third kappa shape index (κ3) is 9.84. The first kappa shape index (κ1) is 20.0. The largest absolute Gasteiger partial charge is 0.378 e. The molecule has 0 N–H and O–H groups in total. The lowest BCUT2D eigenvalue weighted by molar-refractivity contribution is 0.00490. The van der Waals surface area contributed by atoms with Gasteiger partial charge in [0.25, 0.3) is 0 Å². The number of hydrogen-bond acceptors (Lipinski definition) is 2. The van der Waals surface area contributed by atoms with Crippen molar-refractivity contribution >= 4 is 0 Å². The van der Waals surface area contributed by atoms with Crippen LogP contribution in [0.4, 0.5) is 0 Å². The van der Waals surface area contributed by atoms with Gasteiger partial charge in [0, 0.05) is 19.7 Å². The summed E-state index contributed by atoms with van der Waals surface area (Å²) in [6.07, 6.45) is 12.5. The van der Waals surface area contributed by atoms with E-state index in [9.17, 15) is 0 Å². The van der Waals surface area contributed by atoms with E-state index < -0.39 is 0 Å². The summed E-state index contributed by atoms with van der Waals surface area (Å²) in [5.74, 6) is 1.74. The summed E-state index contributed by atoms with van der Waals surface area (Å²) in [6.45, 7) is 14.1. The van der Waals surface area contributed by atoms with Crippen LogP contribution in [0.15, 0.2) is 0 Å². The van der Waals surface area contributed by atoms with E-state index in [1.165, 1.54) is 77.4 Å². The van der Waals surface area contributed by atoms with Gasteiger partial charge in [-0.15, -0.1) is 0 Å². The molecule has 1 atom stereocenters. The van der Waals surface area contributed by atoms with Crippen LogP contribution in [-0.4, -0.2) is 37.2 Å². The molecule has 1 unspecified atom stereocenters. The maximum Gasteiger partial charge on any atom is 0.0599 e. The van der Waals surface area contributed by atoms with Gasteiger partial charge in [-0.2, -0.15) is 0 Å². The van der Waals surface area contributed by atoms with Crippen molar-refractivity contribution < 1.29 is 4.74 Å². The SMILES string of the molecule is CCCC(C)CCCCN1CCC(OCCCC(C)C)CC1. The lowest BCUT2D eigenvalue weighted by Crippen LogP contribution is -2.37. The standard InChI is InChI=1S/C20H41NO/c1-5-9-19(4)11-6-7-14-21-15-12-20(13-16-21)22-17-8-10-18(2)3/h18-20H,5-17H2,1-4H3. The Bertz CT molecular complexity index is 246. The maximum absolute atomic E-state index is 6.04. The molecule has 22 heavy (non-hydrogen) atoms. The Hall–Kier alpha value is -0.0800. The number of unbranched alkanes of at least 4 members (excludes halogenated alkanes) is 1. The topological polar surface area (TPSA) is 12.5 Å².